The molecule has 2 aliphatic heterocycles. The molecule has 0 amide bonds. The summed E-state index contributed by atoms with van der Waals surface area (Å²) in [5.74, 6) is 0. The Morgan fingerprint density at radius 1 is 1.00 bits per heavy atom. The number of anilines is 1. The highest BCUT2D eigenvalue weighted by Gasteiger charge is 2.60. The van der Waals surface area contributed by atoms with Crippen molar-refractivity contribution in [1.29, 1.82) is 0 Å². The topological polar surface area (TPSA) is 24.5 Å². The summed E-state index contributed by atoms with van der Waals surface area (Å²) >= 11 is 5.68. The van der Waals surface area contributed by atoms with Gasteiger partial charge in [-0.3, -0.25) is 10.3 Å². The quantitative estimate of drug-likeness (QED) is 0.574. The van der Waals surface area contributed by atoms with Crippen LogP contribution in [0.3, 0.4) is 0 Å². The molecule has 0 spiro atoms. The van der Waals surface area contributed by atoms with Crippen LogP contribution in [-0.4, -0.2) is 25.4 Å². The third kappa shape index (κ3) is 3.94. The van der Waals surface area contributed by atoms with Crippen LogP contribution in [0.5, 0.6) is 0 Å². The summed E-state index contributed by atoms with van der Waals surface area (Å²) in [6.07, 6.45) is -10.2. The number of nitrogens with one attached hydrogen (secondary N) is 1. The van der Waals surface area contributed by atoms with Crippen molar-refractivity contribution in [3.8, 4) is 0 Å². The lowest BCUT2D eigenvalue weighted by Crippen LogP contribution is -2.48. The second kappa shape index (κ2) is 7.30. The van der Waals surface area contributed by atoms with Crippen LogP contribution in [0.1, 0.15) is 16.7 Å². The lowest BCUT2D eigenvalue weighted by molar-refractivity contribution is -0.269. The largest absolute Gasteiger partial charge is 0.428 e. The summed E-state index contributed by atoms with van der Waals surface area (Å²) in [5, 5.41) is -0.510. The summed E-state index contributed by atoms with van der Waals surface area (Å²) in [7, 11) is 0. The minimum absolute atomic E-state index is 0.0793. The van der Waals surface area contributed by atoms with Crippen LogP contribution >= 0.6 is 11.6 Å². The van der Waals surface area contributed by atoms with E-state index in [0.717, 1.165) is 6.07 Å². The first-order valence-corrected chi connectivity index (χ1v) is 9.38. The molecule has 0 aromatic heterocycles. The Morgan fingerprint density at radius 2 is 1.65 bits per heavy atom. The van der Waals surface area contributed by atoms with Crippen LogP contribution in [-0.2, 0) is 16.6 Å². The van der Waals surface area contributed by atoms with Gasteiger partial charge < -0.3 is 4.90 Å². The third-order valence-electron chi connectivity index (χ3n) is 5.13. The Morgan fingerprint density at radius 3 is 2.19 bits per heavy atom. The average Bonchev–Trinajstić information content (AvgIpc) is 3.11. The van der Waals surface area contributed by atoms with E-state index in [1.807, 2.05) is 0 Å². The van der Waals surface area contributed by atoms with Gasteiger partial charge in [0.1, 0.15) is 6.17 Å². The Balaban J connectivity index is 1.72. The highest BCUT2D eigenvalue weighted by atomic mass is 35.5. The van der Waals surface area contributed by atoms with E-state index in [1.54, 1.807) is 17.0 Å². The maximum Gasteiger partial charge on any atom is 0.428 e. The molecule has 1 N–H and O–H groups in total. The Bertz CT molecular complexity index is 1010. The van der Waals surface area contributed by atoms with E-state index in [0.29, 0.717) is 29.5 Å². The molecular weight excluding hydrogens is 453 g/mol. The number of halogens is 8. The minimum atomic E-state index is -5.09. The van der Waals surface area contributed by atoms with E-state index in [9.17, 15) is 30.7 Å². The van der Waals surface area contributed by atoms with Gasteiger partial charge in [0, 0.05) is 16.3 Å². The fourth-order valence-electron chi connectivity index (χ4n) is 3.44. The minimum Gasteiger partial charge on any atom is -0.366 e. The highest BCUT2D eigenvalue weighted by Crippen LogP contribution is 2.49. The van der Waals surface area contributed by atoms with Gasteiger partial charge in [0.25, 0.3) is 0 Å². The molecule has 2 heterocycles. The van der Waals surface area contributed by atoms with Gasteiger partial charge in [-0.05, 0) is 42.0 Å². The molecule has 0 saturated carbocycles. The van der Waals surface area contributed by atoms with Crippen LogP contribution in [0, 0.1) is 0 Å². The summed E-state index contributed by atoms with van der Waals surface area (Å²) in [6, 6.07) is 7.92. The van der Waals surface area contributed by atoms with Crippen LogP contribution in [0.15, 0.2) is 48.5 Å². The van der Waals surface area contributed by atoms with Gasteiger partial charge in [0.15, 0.2) is 0 Å². The molecule has 31 heavy (non-hydrogen) atoms. The summed E-state index contributed by atoms with van der Waals surface area (Å²) in [5.41, 5.74) is -2.21. The normalized spacial score (nSPS) is 22.2. The lowest BCUT2D eigenvalue weighted by atomic mass is 9.90. The maximum absolute atomic E-state index is 14.0. The van der Waals surface area contributed by atoms with Gasteiger partial charge in [0.2, 0.25) is 5.60 Å². The van der Waals surface area contributed by atoms with Crippen LogP contribution in [0.4, 0.5) is 36.4 Å². The molecule has 1 atom stereocenters. The van der Waals surface area contributed by atoms with Crippen molar-refractivity contribution in [2.45, 2.75) is 24.1 Å². The third-order valence-corrected chi connectivity index (χ3v) is 5.34. The van der Waals surface area contributed by atoms with E-state index in [1.165, 1.54) is 12.1 Å². The molecule has 2 aromatic rings. The van der Waals surface area contributed by atoms with Crippen molar-refractivity contribution in [3.05, 3.63) is 70.3 Å². The van der Waals surface area contributed by atoms with Gasteiger partial charge in [-0.15, -0.1) is 0 Å². The molecule has 166 valence electrons. The summed E-state index contributed by atoms with van der Waals surface area (Å²) in [4.78, 5) is 6.61. The van der Waals surface area contributed by atoms with Crippen molar-refractivity contribution in [2.75, 3.05) is 18.0 Å². The van der Waals surface area contributed by atoms with Crippen LogP contribution in [0.25, 0.3) is 5.70 Å². The van der Waals surface area contributed by atoms with E-state index >= 15 is 0 Å². The van der Waals surface area contributed by atoms with Crippen LogP contribution < -0.4 is 10.4 Å². The molecule has 0 aliphatic carbocycles. The molecule has 11 heteroatoms. The number of hydroxylamine groups is 1. The smallest absolute Gasteiger partial charge is 0.366 e. The molecule has 1 unspecified atom stereocenters. The van der Waals surface area contributed by atoms with Gasteiger partial charge >= 0.3 is 12.4 Å². The van der Waals surface area contributed by atoms with Crippen molar-refractivity contribution in [2.24, 2.45) is 0 Å². The van der Waals surface area contributed by atoms with Gasteiger partial charge in [-0.1, -0.05) is 23.7 Å². The zero-order chi connectivity index (χ0) is 22.6. The Labute approximate surface area is 177 Å². The van der Waals surface area contributed by atoms with E-state index in [2.05, 4.69) is 5.48 Å². The molecular formula is C20H14ClF7N2O. The van der Waals surface area contributed by atoms with E-state index in [-0.39, 0.29) is 18.8 Å². The number of rotatable bonds is 3. The van der Waals surface area contributed by atoms with Gasteiger partial charge in [-0.2, -0.15) is 26.3 Å². The van der Waals surface area contributed by atoms with E-state index < -0.39 is 40.3 Å². The number of hydrogen-bond donors (Lipinski definition) is 1. The molecule has 1 saturated heterocycles. The van der Waals surface area contributed by atoms with Crippen LogP contribution in [0.2, 0.25) is 5.02 Å². The predicted molar refractivity (Wildman–Crippen MR) is 99.9 cm³/mol. The van der Waals surface area contributed by atoms with E-state index in [4.69, 9.17) is 16.4 Å². The molecule has 0 bridgehead atoms. The highest BCUT2D eigenvalue weighted by molar-refractivity contribution is 6.30. The first-order chi connectivity index (χ1) is 14.4. The molecule has 2 aromatic carbocycles. The fourth-order valence-corrected chi connectivity index (χ4v) is 3.68. The number of alkyl halides is 7. The lowest BCUT2D eigenvalue weighted by Gasteiger charge is -2.36. The van der Waals surface area contributed by atoms with Crippen molar-refractivity contribution >= 4 is 23.0 Å². The van der Waals surface area contributed by atoms with Gasteiger partial charge in [0.05, 0.1) is 24.4 Å². The molecule has 1 fully saturated rings. The fraction of sp³-hybridized carbons (Fsp3) is 0.300. The zero-order valence-electron chi connectivity index (χ0n) is 15.5. The first-order valence-electron chi connectivity index (χ1n) is 9.00. The predicted octanol–water partition coefficient (Wildman–Crippen LogP) is 5.85. The Hall–Kier alpha value is -2.46. The van der Waals surface area contributed by atoms with Gasteiger partial charge in [-0.25, -0.2) is 4.39 Å². The summed E-state index contributed by atoms with van der Waals surface area (Å²) in [6.45, 7) is 0.466. The van der Waals surface area contributed by atoms with Crippen molar-refractivity contribution in [3.63, 3.8) is 0 Å². The molecule has 3 nitrogen and oxygen atoms in total. The monoisotopic (exact) mass is 466 g/mol. The summed E-state index contributed by atoms with van der Waals surface area (Å²) < 4.78 is 94.5. The number of hydrogen-bond acceptors (Lipinski definition) is 3. The molecule has 4 rings (SSSR count). The second-order valence-corrected chi connectivity index (χ2v) is 7.71. The van der Waals surface area contributed by atoms with Crippen molar-refractivity contribution in [1.82, 2.24) is 5.48 Å². The standard InChI is InChI=1S/C20H14ClF7N2O/c21-14-6-12(5-13(7-14)19(23,24)25)18(20(26,27)28)8-17(29-31-18)11-1-3-16(4-2-11)30-9-15(22)10-30/h1-8,15,29H,9-10H2. The molecule has 2 aliphatic rings. The average molecular weight is 467 g/mol. The number of nitrogens with zero attached hydrogens (tertiary/aromatic N) is 1. The maximum atomic E-state index is 14.0. The number of benzene rings is 2. The van der Waals surface area contributed by atoms with Crippen molar-refractivity contribution < 1.29 is 35.6 Å². The second-order valence-electron chi connectivity index (χ2n) is 7.27. The Kier molecular flexibility index (Phi) is 5.13. The zero-order valence-corrected chi connectivity index (χ0v) is 16.2. The SMILES string of the molecule is FC1CN(c2ccc(C3=CC(c4cc(Cl)cc(C(F)(F)F)c4)(C(F)(F)F)ON3)cc2)C1. The first kappa shape index (κ1) is 21.8. The molecule has 0 radical (unpaired) electrons.